The first-order valence-corrected chi connectivity index (χ1v) is 14.2. The van der Waals surface area contributed by atoms with Gasteiger partial charge in [0.1, 0.15) is 11.6 Å². The van der Waals surface area contributed by atoms with Crippen LogP contribution in [0.2, 0.25) is 0 Å². The van der Waals surface area contributed by atoms with E-state index < -0.39 is 29.1 Å². The Balaban J connectivity index is 1.76. The number of amides is 3. The fourth-order valence-electron chi connectivity index (χ4n) is 7.64. The molecule has 0 radical (unpaired) electrons. The molecule has 3 aliphatic heterocycles. The van der Waals surface area contributed by atoms with Crippen molar-refractivity contribution in [2.75, 3.05) is 33.3 Å². The van der Waals surface area contributed by atoms with E-state index in [1.54, 1.807) is 29.0 Å². The Morgan fingerprint density at radius 1 is 1.11 bits per heavy atom. The van der Waals surface area contributed by atoms with E-state index in [0.29, 0.717) is 51.7 Å². The number of carbonyl (C=O) groups is 3. The van der Waals surface area contributed by atoms with E-state index in [2.05, 4.69) is 13.2 Å². The molecule has 4 fully saturated rings. The summed E-state index contributed by atoms with van der Waals surface area (Å²) in [5, 5.41) is 9.39. The van der Waals surface area contributed by atoms with Crippen molar-refractivity contribution in [3.05, 3.63) is 25.3 Å². The van der Waals surface area contributed by atoms with Crippen molar-refractivity contribution in [3.8, 4) is 0 Å². The zero-order valence-electron chi connectivity index (χ0n) is 22.7. The molecule has 206 valence electrons. The Hall–Kier alpha value is -2.19. The average molecular weight is 516 g/mol. The van der Waals surface area contributed by atoms with Gasteiger partial charge in [0.05, 0.1) is 17.4 Å². The molecule has 37 heavy (non-hydrogen) atoms. The highest BCUT2D eigenvalue weighted by Crippen LogP contribution is 2.64. The summed E-state index contributed by atoms with van der Waals surface area (Å²) in [6.07, 6.45) is 11.7. The molecular formula is C29H45N3O5. The van der Waals surface area contributed by atoms with Crippen molar-refractivity contribution in [2.24, 2.45) is 11.8 Å². The number of aliphatic hydroxyl groups excluding tert-OH is 1. The number of ether oxygens (including phenoxy) is 1. The van der Waals surface area contributed by atoms with Gasteiger partial charge in [-0.05, 0) is 44.9 Å². The lowest BCUT2D eigenvalue weighted by Gasteiger charge is -2.40. The van der Waals surface area contributed by atoms with Gasteiger partial charge < -0.3 is 24.5 Å². The first-order valence-electron chi connectivity index (χ1n) is 14.2. The maximum atomic E-state index is 14.5. The number of fused-ring (bicyclic) bond motifs is 1. The van der Waals surface area contributed by atoms with E-state index in [4.69, 9.17) is 4.74 Å². The van der Waals surface area contributed by atoms with Crippen LogP contribution >= 0.6 is 0 Å². The second kappa shape index (κ2) is 11.3. The fraction of sp³-hybridized carbons (Fsp3) is 0.759. The lowest BCUT2D eigenvalue weighted by Crippen LogP contribution is -2.58. The first-order chi connectivity index (χ1) is 17.8. The summed E-state index contributed by atoms with van der Waals surface area (Å²) >= 11 is 0. The van der Waals surface area contributed by atoms with E-state index in [1.807, 2.05) is 11.8 Å². The van der Waals surface area contributed by atoms with Gasteiger partial charge in [-0.2, -0.15) is 0 Å². The lowest BCUT2D eigenvalue weighted by atomic mass is 9.64. The van der Waals surface area contributed by atoms with E-state index in [-0.39, 0.29) is 30.4 Å². The van der Waals surface area contributed by atoms with Crippen LogP contribution in [0.15, 0.2) is 25.3 Å². The number of hydrogen-bond donors (Lipinski definition) is 1. The van der Waals surface area contributed by atoms with Gasteiger partial charge >= 0.3 is 0 Å². The van der Waals surface area contributed by atoms with Crippen molar-refractivity contribution in [3.63, 3.8) is 0 Å². The Morgan fingerprint density at radius 2 is 1.81 bits per heavy atom. The predicted octanol–water partition coefficient (Wildman–Crippen LogP) is 2.91. The van der Waals surface area contributed by atoms with Crippen LogP contribution in [0.25, 0.3) is 0 Å². The van der Waals surface area contributed by atoms with E-state index >= 15 is 0 Å². The van der Waals surface area contributed by atoms with Crippen LogP contribution in [-0.4, -0.2) is 94.1 Å². The summed E-state index contributed by atoms with van der Waals surface area (Å²) in [4.78, 5) is 47.7. The summed E-state index contributed by atoms with van der Waals surface area (Å²) in [6.45, 7) is 10.9. The highest BCUT2D eigenvalue weighted by Gasteiger charge is 2.79. The third-order valence-corrected chi connectivity index (χ3v) is 9.39. The molecule has 1 saturated carbocycles. The summed E-state index contributed by atoms with van der Waals surface area (Å²) in [7, 11) is 1.74. The summed E-state index contributed by atoms with van der Waals surface area (Å²) in [6, 6.07) is -0.638. The van der Waals surface area contributed by atoms with Crippen molar-refractivity contribution >= 4 is 17.7 Å². The third-order valence-electron chi connectivity index (χ3n) is 9.39. The van der Waals surface area contributed by atoms with Crippen molar-refractivity contribution in [1.29, 1.82) is 0 Å². The van der Waals surface area contributed by atoms with Gasteiger partial charge in [-0.25, -0.2) is 0 Å². The molecule has 4 aliphatic rings. The van der Waals surface area contributed by atoms with Crippen molar-refractivity contribution in [1.82, 2.24) is 14.7 Å². The van der Waals surface area contributed by atoms with Crippen LogP contribution in [-0.2, 0) is 19.1 Å². The fourth-order valence-corrected chi connectivity index (χ4v) is 7.64. The number of nitrogens with zero attached hydrogens (tertiary/aromatic N) is 3. The van der Waals surface area contributed by atoms with Crippen LogP contribution in [0.1, 0.15) is 71.1 Å². The van der Waals surface area contributed by atoms with Gasteiger partial charge in [0.15, 0.2) is 0 Å². The number of likely N-dealkylation sites (N-methyl/N-ethyl adjacent to an activating group) is 1. The molecule has 1 aliphatic carbocycles. The Morgan fingerprint density at radius 3 is 2.43 bits per heavy atom. The highest BCUT2D eigenvalue weighted by atomic mass is 16.5. The second-order valence-electron chi connectivity index (χ2n) is 11.4. The predicted molar refractivity (Wildman–Crippen MR) is 141 cm³/mol. The molecule has 0 aromatic rings. The first kappa shape index (κ1) is 27.8. The number of hydrogen-bond acceptors (Lipinski definition) is 5. The number of carbonyl (C=O) groups excluding carboxylic acids is 3. The number of likely N-dealkylation sites (tertiary alicyclic amines) is 1. The molecule has 2 unspecified atom stereocenters. The van der Waals surface area contributed by atoms with Crippen LogP contribution in [0.4, 0.5) is 0 Å². The topological polar surface area (TPSA) is 90.4 Å². The van der Waals surface area contributed by atoms with Crippen LogP contribution in [0, 0.1) is 11.8 Å². The second-order valence-corrected chi connectivity index (χ2v) is 11.4. The average Bonchev–Trinajstić information content (AvgIpc) is 3.51. The maximum absolute atomic E-state index is 14.5. The van der Waals surface area contributed by atoms with Crippen molar-refractivity contribution in [2.45, 2.75) is 94.4 Å². The monoisotopic (exact) mass is 515 g/mol. The van der Waals surface area contributed by atoms with Gasteiger partial charge in [-0.3, -0.25) is 14.4 Å². The molecule has 8 heteroatoms. The molecule has 8 nitrogen and oxygen atoms in total. The van der Waals surface area contributed by atoms with Crippen LogP contribution < -0.4 is 0 Å². The smallest absolute Gasteiger partial charge is 0.248 e. The summed E-state index contributed by atoms with van der Waals surface area (Å²) in [5.41, 5.74) is -1.75. The number of unbranched alkanes of at least 4 members (excludes halogenated alkanes) is 1. The summed E-state index contributed by atoms with van der Waals surface area (Å²) in [5.74, 6) is -1.64. The van der Waals surface area contributed by atoms with E-state index in [9.17, 15) is 19.5 Å². The lowest BCUT2D eigenvalue weighted by molar-refractivity contribution is -0.156. The molecule has 3 amide bonds. The molecule has 2 bridgehead atoms. The van der Waals surface area contributed by atoms with Gasteiger partial charge in [-0.1, -0.05) is 38.3 Å². The highest BCUT2D eigenvalue weighted by molar-refractivity contribution is 5.99. The molecule has 1 N–H and O–H groups in total. The minimum absolute atomic E-state index is 0.0305. The molecule has 0 aromatic carbocycles. The number of aliphatic hydroxyl groups is 1. The molecule has 3 heterocycles. The Kier molecular flexibility index (Phi) is 8.48. The molecule has 1 spiro atoms. The standard InChI is InChI=1S/C29H45N3O5/c1-5-17-30(4)25(34)22-23-26(35)32(19-11-12-20-33)24(29(23)16-15-28(22,7-3)37-29)27(36)31(18-6-2)21-13-9-8-10-14-21/h5-6,21-24,33H,1-2,7-20H2,3-4H3/t22-,23-,24?,28+,29?/m0/s1. The van der Waals surface area contributed by atoms with Gasteiger partial charge in [0, 0.05) is 39.3 Å². The normalized spacial score (nSPS) is 32.9. The molecule has 5 atom stereocenters. The minimum Gasteiger partial charge on any atom is -0.396 e. The van der Waals surface area contributed by atoms with Crippen LogP contribution in [0.3, 0.4) is 0 Å². The molecule has 4 rings (SSSR count). The summed E-state index contributed by atoms with van der Waals surface area (Å²) < 4.78 is 6.88. The van der Waals surface area contributed by atoms with Gasteiger partial charge in [-0.15, -0.1) is 13.2 Å². The van der Waals surface area contributed by atoms with E-state index in [0.717, 1.165) is 25.7 Å². The zero-order chi connectivity index (χ0) is 26.8. The maximum Gasteiger partial charge on any atom is 0.248 e. The molecule has 0 aromatic heterocycles. The van der Waals surface area contributed by atoms with Gasteiger partial charge in [0.25, 0.3) is 0 Å². The number of rotatable bonds is 12. The third kappa shape index (κ3) is 4.54. The van der Waals surface area contributed by atoms with E-state index in [1.165, 1.54) is 6.42 Å². The Bertz CT molecular complexity index is 902. The van der Waals surface area contributed by atoms with Crippen LogP contribution in [0.5, 0.6) is 0 Å². The van der Waals surface area contributed by atoms with Gasteiger partial charge in [0.2, 0.25) is 17.7 Å². The largest absolute Gasteiger partial charge is 0.396 e. The molecular weight excluding hydrogens is 470 g/mol. The minimum atomic E-state index is -1.01. The molecule has 3 saturated heterocycles. The Labute approximate surface area is 221 Å². The quantitative estimate of drug-likeness (QED) is 0.319. The van der Waals surface area contributed by atoms with Crippen molar-refractivity contribution < 1.29 is 24.2 Å². The zero-order valence-corrected chi connectivity index (χ0v) is 22.7. The SMILES string of the molecule is C=CCN(C)C(=O)[C@@H]1[C@H]2C(=O)N(CCCCO)C(C(=O)N(CC=C)C3CCCCC3)C23CC[C@@]1(CC)O3.